The van der Waals surface area contributed by atoms with Gasteiger partial charge in [0.15, 0.2) is 5.96 Å². The Hall–Kier alpha value is -0.870. The third-order valence-corrected chi connectivity index (χ3v) is 5.55. The average Bonchev–Trinajstić information content (AvgIpc) is 3.21. The summed E-state index contributed by atoms with van der Waals surface area (Å²) in [6.45, 7) is 11.2. The Labute approximate surface area is 191 Å². The Bertz CT molecular complexity index is 573. The van der Waals surface area contributed by atoms with Crippen LogP contribution < -0.4 is 16.0 Å². The van der Waals surface area contributed by atoms with E-state index in [1.807, 2.05) is 0 Å². The van der Waals surface area contributed by atoms with Crippen LogP contribution >= 0.6 is 35.3 Å². The van der Waals surface area contributed by atoms with E-state index >= 15 is 0 Å². The van der Waals surface area contributed by atoms with Crippen LogP contribution in [0.4, 0.5) is 0 Å². The lowest BCUT2D eigenvalue weighted by Crippen LogP contribution is -2.50. The topological polar surface area (TPSA) is 68.8 Å². The predicted octanol–water partition coefficient (Wildman–Crippen LogP) is 3.02. The number of likely N-dealkylation sites (tertiary alicyclic amines) is 1. The van der Waals surface area contributed by atoms with Crippen molar-refractivity contribution in [1.82, 2.24) is 20.9 Å². The highest BCUT2D eigenvalue weighted by Gasteiger charge is 2.21. The maximum Gasteiger partial charge on any atom is 0.234 e. The molecule has 1 saturated heterocycles. The fourth-order valence-corrected chi connectivity index (χ4v) is 3.94. The summed E-state index contributed by atoms with van der Waals surface area (Å²) in [6, 6.07) is 2.59. The van der Waals surface area contributed by atoms with Crippen LogP contribution in [0.25, 0.3) is 0 Å². The van der Waals surface area contributed by atoms with Crippen LogP contribution in [-0.2, 0) is 4.79 Å². The Balaban J connectivity index is 0.00000392. The molecule has 0 bridgehead atoms. The maximum absolute atomic E-state index is 11.9. The van der Waals surface area contributed by atoms with E-state index in [-0.39, 0.29) is 29.9 Å². The number of thiophene rings is 1. The molecule has 1 aromatic heterocycles. The molecule has 160 valence electrons. The highest BCUT2D eigenvalue weighted by atomic mass is 127. The lowest BCUT2D eigenvalue weighted by Gasteiger charge is -2.32. The minimum Gasteiger partial charge on any atom is -0.357 e. The van der Waals surface area contributed by atoms with Crippen molar-refractivity contribution in [3.63, 3.8) is 0 Å². The van der Waals surface area contributed by atoms with Crippen molar-refractivity contribution in [1.29, 1.82) is 0 Å². The maximum atomic E-state index is 11.9. The van der Waals surface area contributed by atoms with Gasteiger partial charge in [-0.1, -0.05) is 13.8 Å². The third kappa shape index (κ3) is 9.09. The largest absolute Gasteiger partial charge is 0.357 e. The molecule has 2 rings (SSSR count). The van der Waals surface area contributed by atoms with E-state index in [9.17, 15) is 4.79 Å². The first-order chi connectivity index (χ1) is 13.1. The number of rotatable bonds is 9. The molecule has 6 nitrogen and oxygen atoms in total. The number of amides is 1. The first-order valence-corrected chi connectivity index (χ1v) is 11.1. The lowest BCUT2D eigenvalue weighted by molar-refractivity contribution is -0.122. The van der Waals surface area contributed by atoms with E-state index in [1.165, 1.54) is 5.56 Å². The fraction of sp³-hybridized carbons (Fsp3) is 0.700. The number of hydrogen-bond acceptors (Lipinski definition) is 4. The molecule has 1 fully saturated rings. The summed E-state index contributed by atoms with van der Waals surface area (Å²) in [5, 5.41) is 14.2. The van der Waals surface area contributed by atoms with Crippen molar-refractivity contribution in [2.45, 2.75) is 52.0 Å². The first-order valence-electron chi connectivity index (χ1n) is 10.2. The Morgan fingerprint density at radius 1 is 1.32 bits per heavy atom. The summed E-state index contributed by atoms with van der Waals surface area (Å²) < 4.78 is 0. The second kappa shape index (κ2) is 14.2. The molecule has 0 aliphatic carbocycles. The molecule has 1 amide bonds. The first kappa shape index (κ1) is 25.2. The highest BCUT2D eigenvalue weighted by molar-refractivity contribution is 14.0. The van der Waals surface area contributed by atoms with Gasteiger partial charge in [0.05, 0.1) is 6.54 Å². The van der Waals surface area contributed by atoms with Gasteiger partial charge in [0.2, 0.25) is 5.91 Å². The number of carbonyl (C=O) groups excluding carboxylic acids is 1. The minimum absolute atomic E-state index is 0. The van der Waals surface area contributed by atoms with E-state index in [1.54, 1.807) is 11.3 Å². The van der Waals surface area contributed by atoms with Gasteiger partial charge in [0.25, 0.3) is 0 Å². The second-order valence-electron chi connectivity index (χ2n) is 7.22. The van der Waals surface area contributed by atoms with Crippen molar-refractivity contribution >= 4 is 47.2 Å². The molecule has 1 atom stereocenters. The zero-order valence-electron chi connectivity index (χ0n) is 17.4. The van der Waals surface area contributed by atoms with E-state index in [4.69, 9.17) is 4.99 Å². The molecule has 28 heavy (non-hydrogen) atoms. The Morgan fingerprint density at radius 2 is 2.07 bits per heavy atom. The van der Waals surface area contributed by atoms with E-state index < -0.39 is 0 Å². The normalized spacial score (nSPS) is 16.9. The van der Waals surface area contributed by atoms with Gasteiger partial charge in [-0.05, 0) is 48.6 Å². The van der Waals surface area contributed by atoms with Gasteiger partial charge in [0.1, 0.15) is 0 Å². The Morgan fingerprint density at radius 3 is 2.68 bits per heavy atom. The number of carbonyl (C=O) groups is 1. The van der Waals surface area contributed by atoms with Crippen molar-refractivity contribution < 1.29 is 4.79 Å². The lowest BCUT2D eigenvalue weighted by atomic mass is 10.0. The zero-order valence-corrected chi connectivity index (χ0v) is 20.5. The molecule has 3 N–H and O–H groups in total. The average molecular weight is 522 g/mol. The molecule has 0 spiro atoms. The number of nitrogens with zero attached hydrogens (tertiary/aromatic N) is 2. The van der Waals surface area contributed by atoms with Gasteiger partial charge in [0, 0.05) is 44.7 Å². The van der Waals surface area contributed by atoms with Crippen LogP contribution in [0, 0.1) is 0 Å². The molecule has 2 heterocycles. The quantitative estimate of drug-likeness (QED) is 0.266. The zero-order chi connectivity index (χ0) is 19.5. The monoisotopic (exact) mass is 521 g/mol. The summed E-state index contributed by atoms with van der Waals surface area (Å²) in [4.78, 5) is 18.9. The van der Waals surface area contributed by atoms with E-state index in [0.29, 0.717) is 18.5 Å². The Kier molecular flexibility index (Phi) is 12.7. The molecule has 1 aliphatic rings. The van der Waals surface area contributed by atoms with Gasteiger partial charge in [-0.3, -0.25) is 14.7 Å². The van der Waals surface area contributed by atoms with Crippen molar-refractivity contribution in [3.8, 4) is 0 Å². The van der Waals surface area contributed by atoms with Gasteiger partial charge < -0.3 is 16.0 Å². The molecule has 1 unspecified atom stereocenters. The number of aliphatic imine (C=N–C) groups is 1. The van der Waals surface area contributed by atoms with Crippen molar-refractivity contribution in [3.05, 3.63) is 22.4 Å². The van der Waals surface area contributed by atoms with Crippen LogP contribution in [0.15, 0.2) is 21.8 Å². The molecular formula is C20H36IN5OS. The smallest absolute Gasteiger partial charge is 0.234 e. The molecular weight excluding hydrogens is 485 g/mol. The molecule has 0 saturated carbocycles. The van der Waals surface area contributed by atoms with Crippen LogP contribution in [0.1, 0.15) is 51.5 Å². The van der Waals surface area contributed by atoms with Gasteiger partial charge in [-0.2, -0.15) is 11.3 Å². The summed E-state index contributed by atoms with van der Waals surface area (Å²) in [5.41, 5.74) is 1.36. The van der Waals surface area contributed by atoms with Crippen molar-refractivity contribution in [2.75, 3.05) is 39.3 Å². The molecule has 0 radical (unpaired) electrons. The van der Waals surface area contributed by atoms with E-state index in [2.05, 4.69) is 58.4 Å². The van der Waals surface area contributed by atoms with Crippen molar-refractivity contribution in [2.24, 2.45) is 4.99 Å². The van der Waals surface area contributed by atoms with Gasteiger partial charge in [-0.25, -0.2) is 0 Å². The number of piperidine rings is 1. The number of guanidine groups is 1. The molecule has 8 heteroatoms. The summed E-state index contributed by atoms with van der Waals surface area (Å²) in [7, 11) is 0. The molecule has 1 aromatic rings. The summed E-state index contributed by atoms with van der Waals surface area (Å²) >= 11 is 1.74. The van der Waals surface area contributed by atoms with Gasteiger partial charge >= 0.3 is 0 Å². The highest BCUT2D eigenvalue weighted by Crippen LogP contribution is 2.18. The SMILES string of the molecule is CCCNC(=O)CN1CCC(NC(=NCC(C)c2ccsc2)NCC)CC1.I. The van der Waals surface area contributed by atoms with Crippen LogP contribution in [0.3, 0.4) is 0 Å². The van der Waals surface area contributed by atoms with Gasteiger partial charge in [-0.15, -0.1) is 24.0 Å². The molecule has 1 aliphatic heterocycles. The predicted molar refractivity (Wildman–Crippen MR) is 130 cm³/mol. The standard InChI is InChI=1S/C20H35N5OS.HI/c1-4-9-22-19(26)14-25-10-6-18(7-11-25)24-20(21-5-2)23-13-16(3)17-8-12-27-15-17;/h8,12,15-16,18H,4-7,9-11,13-14H2,1-3H3,(H,22,26)(H2,21,23,24);1H. The number of halogens is 1. The number of hydrogen-bond donors (Lipinski definition) is 3. The fourth-order valence-electron chi connectivity index (χ4n) is 3.16. The summed E-state index contributed by atoms with van der Waals surface area (Å²) in [6.07, 6.45) is 3.05. The van der Waals surface area contributed by atoms with Crippen LogP contribution in [0.5, 0.6) is 0 Å². The third-order valence-electron chi connectivity index (χ3n) is 4.85. The van der Waals surface area contributed by atoms with E-state index in [0.717, 1.165) is 57.9 Å². The van der Waals surface area contributed by atoms with Crippen LogP contribution in [0.2, 0.25) is 0 Å². The number of nitrogens with one attached hydrogen (secondary N) is 3. The molecule has 0 aromatic carbocycles. The summed E-state index contributed by atoms with van der Waals surface area (Å²) in [5.74, 6) is 1.47. The second-order valence-corrected chi connectivity index (χ2v) is 8.00. The minimum atomic E-state index is 0. The van der Waals surface area contributed by atoms with Crippen LogP contribution in [-0.4, -0.2) is 62.1 Å².